The highest BCUT2D eigenvalue weighted by atomic mass is 35.5. The fourth-order valence-corrected chi connectivity index (χ4v) is 3.75. The van der Waals surface area contributed by atoms with Gasteiger partial charge in [-0.25, -0.2) is 4.98 Å². The summed E-state index contributed by atoms with van der Waals surface area (Å²) in [7, 11) is 0. The Morgan fingerprint density at radius 1 is 1.12 bits per heavy atom. The molecule has 0 saturated carbocycles. The van der Waals surface area contributed by atoms with E-state index in [9.17, 15) is 4.79 Å². The highest BCUT2D eigenvalue weighted by Crippen LogP contribution is 2.29. The molecule has 0 N–H and O–H groups in total. The number of aromatic nitrogens is 1. The molecule has 0 spiro atoms. The van der Waals surface area contributed by atoms with Crippen molar-refractivity contribution in [2.75, 3.05) is 31.1 Å². The maximum Gasteiger partial charge on any atom is 0.228 e. The predicted octanol–water partition coefficient (Wildman–Crippen LogP) is 4.16. The zero-order valence-corrected chi connectivity index (χ0v) is 15.8. The summed E-state index contributed by atoms with van der Waals surface area (Å²) < 4.78 is 0. The largest absolute Gasteiger partial charge is 0.345 e. The quantitative estimate of drug-likeness (QED) is 0.803. The maximum atomic E-state index is 12.4. The molecule has 0 aliphatic carbocycles. The number of thiazole rings is 1. The van der Waals surface area contributed by atoms with Gasteiger partial charge >= 0.3 is 0 Å². The zero-order chi connectivity index (χ0) is 17.3. The third-order valence-electron chi connectivity index (χ3n) is 4.11. The second-order valence-electron chi connectivity index (χ2n) is 7.05. The Balaban J connectivity index is 1.65. The van der Waals surface area contributed by atoms with Gasteiger partial charge in [-0.3, -0.25) is 4.79 Å². The minimum Gasteiger partial charge on any atom is -0.345 e. The fraction of sp³-hybridized carbons (Fsp3) is 0.444. The Labute approximate surface area is 152 Å². The van der Waals surface area contributed by atoms with Gasteiger partial charge in [-0.15, -0.1) is 11.3 Å². The summed E-state index contributed by atoms with van der Waals surface area (Å²) in [6, 6.07) is 7.74. The number of halogens is 1. The number of nitrogens with zero attached hydrogens (tertiary/aromatic N) is 3. The molecular formula is C18H22ClN3OS. The van der Waals surface area contributed by atoms with Crippen LogP contribution < -0.4 is 4.90 Å². The van der Waals surface area contributed by atoms with Crippen molar-refractivity contribution in [3.8, 4) is 11.3 Å². The molecule has 0 atom stereocenters. The lowest BCUT2D eigenvalue weighted by atomic mass is 9.94. The third-order valence-corrected chi connectivity index (χ3v) is 5.26. The van der Waals surface area contributed by atoms with Crippen molar-refractivity contribution in [2.24, 2.45) is 5.41 Å². The number of benzene rings is 1. The van der Waals surface area contributed by atoms with Crippen molar-refractivity contribution in [3.05, 3.63) is 34.7 Å². The van der Waals surface area contributed by atoms with E-state index in [1.807, 2.05) is 49.9 Å². The molecule has 1 aliphatic rings. The van der Waals surface area contributed by atoms with Crippen molar-refractivity contribution in [3.63, 3.8) is 0 Å². The van der Waals surface area contributed by atoms with E-state index in [0.717, 1.165) is 47.6 Å². The number of rotatable bonds is 2. The fourth-order valence-electron chi connectivity index (χ4n) is 2.74. The Kier molecular flexibility index (Phi) is 4.83. The van der Waals surface area contributed by atoms with Gasteiger partial charge in [-0.2, -0.15) is 0 Å². The topological polar surface area (TPSA) is 36.4 Å². The van der Waals surface area contributed by atoms with E-state index < -0.39 is 0 Å². The molecule has 1 fully saturated rings. The van der Waals surface area contributed by atoms with Crippen LogP contribution >= 0.6 is 22.9 Å². The van der Waals surface area contributed by atoms with Crippen LogP contribution in [0.25, 0.3) is 11.3 Å². The maximum absolute atomic E-state index is 12.4. The summed E-state index contributed by atoms with van der Waals surface area (Å²) in [6.45, 7) is 9.09. The molecule has 0 bridgehead atoms. The smallest absolute Gasteiger partial charge is 0.228 e. The Hall–Kier alpha value is -1.59. The van der Waals surface area contributed by atoms with Gasteiger partial charge in [0.2, 0.25) is 5.91 Å². The van der Waals surface area contributed by atoms with E-state index in [0.29, 0.717) is 0 Å². The van der Waals surface area contributed by atoms with Crippen LogP contribution in [-0.4, -0.2) is 42.0 Å². The number of carbonyl (C=O) groups excluding carboxylic acids is 1. The number of carbonyl (C=O) groups is 1. The molecule has 1 aromatic heterocycles. The van der Waals surface area contributed by atoms with Crippen molar-refractivity contribution in [1.82, 2.24) is 9.88 Å². The van der Waals surface area contributed by atoms with Crippen molar-refractivity contribution in [1.29, 1.82) is 0 Å². The van der Waals surface area contributed by atoms with Crippen molar-refractivity contribution < 1.29 is 4.79 Å². The first-order chi connectivity index (χ1) is 11.3. The number of hydrogen-bond donors (Lipinski definition) is 0. The zero-order valence-electron chi connectivity index (χ0n) is 14.3. The number of piperazine rings is 1. The molecule has 128 valence electrons. The molecule has 1 amide bonds. The first-order valence-electron chi connectivity index (χ1n) is 8.10. The van der Waals surface area contributed by atoms with Gasteiger partial charge in [-0.1, -0.05) is 44.5 Å². The third kappa shape index (κ3) is 3.73. The van der Waals surface area contributed by atoms with Crippen LogP contribution in [0.5, 0.6) is 0 Å². The molecule has 2 aromatic rings. The summed E-state index contributed by atoms with van der Waals surface area (Å²) in [4.78, 5) is 21.3. The summed E-state index contributed by atoms with van der Waals surface area (Å²) in [5, 5.41) is 3.82. The van der Waals surface area contributed by atoms with Crippen LogP contribution in [0.1, 0.15) is 20.8 Å². The van der Waals surface area contributed by atoms with Gasteiger partial charge < -0.3 is 9.80 Å². The van der Waals surface area contributed by atoms with Crippen molar-refractivity contribution in [2.45, 2.75) is 20.8 Å². The highest BCUT2D eigenvalue weighted by Gasteiger charge is 2.30. The summed E-state index contributed by atoms with van der Waals surface area (Å²) in [5.74, 6) is 0.225. The molecule has 3 rings (SSSR count). The minimum absolute atomic E-state index is 0.225. The summed E-state index contributed by atoms with van der Waals surface area (Å²) in [5.41, 5.74) is 1.73. The number of anilines is 1. The van der Waals surface area contributed by atoms with E-state index in [1.165, 1.54) is 0 Å². The summed E-state index contributed by atoms with van der Waals surface area (Å²) in [6.07, 6.45) is 0. The van der Waals surface area contributed by atoms with Gasteiger partial charge in [0, 0.05) is 47.6 Å². The molecule has 1 saturated heterocycles. The standard InChI is InChI=1S/C18H22ClN3OS/c1-18(2,3)16(23)21-8-10-22(11-9-21)17-20-15(12-24-17)13-4-6-14(19)7-5-13/h4-7,12H,8-11H2,1-3H3. The highest BCUT2D eigenvalue weighted by molar-refractivity contribution is 7.14. The first-order valence-corrected chi connectivity index (χ1v) is 9.36. The SMILES string of the molecule is CC(C)(C)C(=O)N1CCN(c2nc(-c3ccc(Cl)cc3)cs2)CC1. The van der Waals surface area contributed by atoms with Gasteiger partial charge in [0.25, 0.3) is 0 Å². The average molecular weight is 364 g/mol. The molecule has 4 nitrogen and oxygen atoms in total. The Bertz CT molecular complexity index is 713. The van der Waals surface area contributed by atoms with Crippen LogP contribution in [0.2, 0.25) is 5.02 Å². The normalized spacial score (nSPS) is 15.7. The Morgan fingerprint density at radius 3 is 2.33 bits per heavy atom. The number of amides is 1. The lowest BCUT2D eigenvalue weighted by Crippen LogP contribution is -2.51. The van der Waals surface area contributed by atoms with Crippen LogP contribution in [0, 0.1) is 5.41 Å². The van der Waals surface area contributed by atoms with Crippen molar-refractivity contribution >= 4 is 34.0 Å². The second-order valence-corrected chi connectivity index (χ2v) is 8.32. The van der Waals surface area contributed by atoms with Crippen LogP contribution in [0.4, 0.5) is 5.13 Å². The average Bonchev–Trinajstić information content (AvgIpc) is 3.04. The molecule has 24 heavy (non-hydrogen) atoms. The predicted molar refractivity (Wildman–Crippen MR) is 101 cm³/mol. The van der Waals surface area contributed by atoms with E-state index in [4.69, 9.17) is 16.6 Å². The molecule has 1 aliphatic heterocycles. The van der Waals surface area contributed by atoms with Gasteiger partial charge in [-0.05, 0) is 12.1 Å². The molecule has 0 radical (unpaired) electrons. The first kappa shape index (κ1) is 17.2. The molecule has 1 aromatic carbocycles. The van der Waals surface area contributed by atoms with Crippen LogP contribution in [0.3, 0.4) is 0 Å². The van der Waals surface area contributed by atoms with Gasteiger partial charge in [0.05, 0.1) is 5.69 Å². The van der Waals surface area contributed by atoms with Crippen LogP contribution in [0.15, 0.2) is 29.6 Å². The molecule has 0 unspecified atom stereocenters. The van der Waals surface area contributed by atoms with Crippen LogP contribution in [-0.2, 0) is 4.79 Å². The van der Waals surface area contributed by atoms with E-state index >= 15 is 0 Å². The van der Waals surface area contributed by atoms with E-state index in [-0.39, 0.29) is 11.3 Å². The lowest BCUT2D eigenvalue weighted by molar-refractivity contribution is -0.139. The van der Waals surface area contributed by atoms with Gasteiger partial charge in [0.1, 0.15) is 0 Å². The Morgan fingerprint density at radius 2 is 1.75 bits per heavy atom. The molecule has 2 heterocycles. The van der Waals surface area contributed by atoms with E-state index in [1.54, 1.807) is 11.3 Å². The monoisotopic (exact) mass is 363 g/mol. The minimum atomic E-state index is -0.314. The second kappa shape index (κ2) is 6.73. The summed E-state index contributed by atoms with van der Waals surface area (Å²) >= 11 is 7.59. The molecule has 6 heteroatoms. The molecular weight excluding hydrogens is 342 g/mol. The van der Waals surface area contributed by atoms with E-state index in [2.05, 4.69) is 10.3 Å². The number of hydrogen-bond acceptors (Lipinski definition) is 4. The lowest BCUT2D eigenvalue weighted by Gasteiger charge is -2.37. The van der Waals surface area contributed by atoms with Gasteiger partial charge in [0.15, 0.2) is 5.13 Å².